The summed E-state index contributed by atoms with van der Waals surface area (Å²) in [6.45, 7) is 1.75. The van der Waals surface area contributed by atoms with Gasteiger partial charge in [-0.15, -0.1) is 0 Å². The van der Waals surface area contributed by atoms with Gasteiger partial charge in [-0.25, -0.2) is 4.98 Å². The Morgan fingerprint density at radius 3 is 2.76 bits per heavy atom. The number of carbonyl (C=O) groups is 1. The average Bonchev–Trinajstić information content (AvgIpc) is 2.63. The number of amides is 1. The van der Waals surface area contributed by atoms with Gasteiger partial charge in [-0.1, -0.05) is 23.2 Å². The van der Waals surface area contributed by atoms with E-state index in [1.807, 2.05) is 0 Å². The molecule has 2 rings (SSSR count). The topological polar surface area (TPSA) is 54.9 Å². The summed E-state index contributed by atoms with van der Waals surface area (Å²) in [5.41, 5.74) is 0.351. The molecule has 7 heteroatoms. The molecule has 17 heavy (non-hydrogen) atoms. The summed E-state index contributed by atoms with van der Waals surface area (Å²) in [4.78, 5) is 15.9. The summed E-state index contributed by atoms with van der Waals surface area (Å²) in [7, 11) is 0. The van der Waals surface area contributed by atoms with Crippen LogP contribution in [0.4, 0.5) is 5.13 Å². The maximum absolute atomic E-state index is 11.9. The molecule has 2 aromatic rings. The minimum absolute atomic E-state index is 0.302. The number of aromatic nitrogens is 2. The molecule has 0 radical (unpaired) electrons. The fourth-order valence-electron chi connectivity index (χ4n) is 1.19. The third kappa shape index (κ3) is 2.94. The SMILES string of the molecule is Cc1nsc(NC(=O)c2ccc(Cl)cc2Cl)n1. The Hall–Kier alpha value is -1.17. The molecule has 0 atom stereocenters. The van der Waals surface area contributed by atoms with E-state index in [-0.39, 0.29) is 5.91 Å². The molecule has 0 aliphatic carbocycles. The highest BCUT2D eigenvalue weighted by molar-refractivity contribution is 7.09. The maximum Gasteiger partial charge on any atom is 0.258 e. The Morgan fingerprint density at radius 2 is 2.18 bits per heavy atom. The molecule has 0 unspecified atom stereocenters. The van der Waals surface area contributed by atoms with E-state index in [4.69, 9.17) is 23.2 Å². The molecule has 0 saturated heterocycles. The van der Waals surface area contributed by atoms with E-state index in [2.05, 4.69) is 14.7 Å². The summed E-state index contributed by atoms with van der Waals surface area (Å²) in [6.07, 6.45) is 0. The van der Waals surface area contributed by atoms with Gasteiger partial charge >= 0.3 is 0 Å². The Labute approximate surface area is 112 Å². The predicted octanol–water partition coefficient (Wildman–Crippen LogP) is 3.41. The number of nitrogens with one attached hydrogen (secondary N) is 1. The van der Waals surface area contributed by atoms with Crippen LogP contribution in [0, 0.1) is 6.92 Å². The lowest BCUT2D eigenvalue weighted by Crippen LogP contribution is -2.12. The first kappa shape index (κ1) is 12.3. The molecule has 0 spiro atoms. The average molecular weight is 288 g/mol. The Kier molecular flexibility index (Phi) is 3.61. The van der Waals surface area contributed by atoms with E-state index in [1.54, 1.807) is 19.1 Å². The largest absolute Gasteiger partial charge is 0.297 e. The van der Waals surface area contributed by atoms with E-state index in [1.165, 1.54) is 6.07 Å². The minimum atomic E-state index is -0.331. The van der Waals surface area contributed by atoms with E-state index in [0.717, 1.165) is 11.5 Å². The monoisotopic (exact) mass is 287 g/mol. The maximum atomic E-state index is 11.9. The highest BCUT2D eigenvalue weighted by Gasteiger charge is 2.12. The second-order valence-electron chi connectivity index (χ2n) is 3.23. The van der Waals surface area contributed by atoms with Crippen LogP contribution in [0.3, 0.4) is 0 Å². The zero-order valence-corrected chi connectivity index (χ0v) is 11.0. The van der Waals surface area contributed by atoms with E-state index < -0.39 is 0 Å². The van der Waals surface area contributed by atoms with Crippen LogP contribution >= 0.6 is 34.7 Å². The summed E-state index contributed by atoms with van der Waals surface area (Å²) >= 11 is 12.8. The molecule has 1 aromatic heterocycles. The molecule has 0 fully saturated rings. The lowest BCUT2D eigenvalue weighted by Gasteiger charge is -2.03. The van der Waals surface area contributed by atoms with Gasteiger partial charge < -0.3 is 0 Å². The smallest absolute Gasteiger partial charge is 0.258 e. The van der Waals surface area contributed by atoms with Crippen LogP contribution in [0.1, 0.15) is 16.2 Å². The molecule has 1 heterocycles. The molecule has 1 amide bonds. The lowest BCUT2D eigenvalue weighted by atomic mass is 10.2. The number of hydrogen-bond acceptors (Lipinski definition) is 4. The molecule has 0 saturated carbocycles. The number of hydrogen-bond donors (Lipinski definition) is 1. The van der Waals surface area contributed by atoms with Crippen molar-refractivity contribution in [2.45, 2.75) is 6.92 Å². The van der Waals surface area contributed by atoms with Gasteiger partial charge in [0, 0.05) is 16.6 Å². The van der Waals surface area contributed by atoms with Crippen LogP contribution in [0.15, 0.2) is 18.2 Å². The van der Waals surface area contributed by atoms with Crippen LogP contribution in [0.25, 0.3) is 0 Å². The van der Waals surface area contributed by atoms with E-state index in [9.17, 15) is 4.79 Å². The molecule has 88 valence electrons. The number of aryl methyl sites for hydroxylation is 1. The summed E-state index contributed by atoms with van der Waals surface area (Å²) in [5, 5.41) is 3.85. The number of halogens is 2. The minimum Gasteiger partial charge on any atom is -0.297 e. The van der Waals surface area contributed by atoms with E-state index in [0.29, 0.717) is 26.6 Å². The highest BCUT2D eigenvalue weighted by atomic mass is 35.5. The van der Waals surface area contributed by atoms with Crippen molar-refractivity contribution in [3.8, 4) is 0 Å². The second kappa shape index (κ2) is 5.00. The van der Waals surface area contributed by atoms with Crippen molar-refractivity contribution in [2.24, 2.45) is 0 Å². The van der Waals surface area contributed by atoms with Crippen LogP contribution in [0.2, 0.25) is 10.0 Å². The molecular formula is C10H7Cl2N3OS. The fraction of sp³-hybridized carbons (Fsp3) is 0.100. The Morgan fingerprint density at radius 1 is 1.41 bits per heavy atom. The van der Waals surface area contributed by atoms with Gasteiger partial charge in [0.05, 0.1) is 10.6 Å². The predicted molar refractivity (Wildman–Crippen MR) is 69.1 cm³/mol. The van der Waals surface area contributed by atoms with Crippen molar-refractivity contribution >= 4 is 45.8 Å². The van der Waals surface area contributed by atoms with Crippen molar-refractivity contribution in [1.82, 2.24) is 9.36 Å². The van der Waals surface area contributed by atoms with Gasteiger partial charge in [0.2, 0.25) is 5.13 Å². The van der Waals surface area contributed by atoms with Gasteiger partial charge in [-0.05, 0) is 25.1 Å². The summed E-state index contributed by atoms with van der Waals surface area (Å²) < 4.78 is 3.96. The lowest BCUT2D eigenvalue weighted by molar-refractivity contribution is 0.102. The van der Waals surface area contributed by atoms with E-state index >= 15 is 0 Å². The van der Waals surface area contributed by atoms with Crippen molar-refractivity contribution < 1.29 is 4.79 Å². The van der Waals surface area contributed by atoms with Crippen molar-refractivity contribution in [2.75, 3.05) is 5.32 Å². The summed E-state index contributed by atoms with van der Waals surface area (Å²) in [6, 6.07) is 4.69. The molecule has 0 bridgehead atoms. The molecular weight excluding hydrogens is 281 g/mol. The Balaban J connectivity index is 2.20. The number of nitrogens with zero attached hydrogens (tertiary/aromatic N) is 2. The normalized spacial score (nSPS) is 10.3. The number of rotatable bonds is 2. The zero-order chi connectivity index (χ0) is 12.4. The fourth-order valence-corrected chi connectivity index (χ4v) is 2.25. The highest BCUT2D eigenvalue weighted by Crippen LogP contribution is 2.22. The number of benzene rings is 1. The third-order valence-electron chi connectivity index (χ3n) is 1.92. The molecule has 4 nitrogen and oxygen atoms in total. The van der Waals surface area contributed by atoms with Crippen LogP contribution in [-0.4, -0.2) is 15.3 Å². The quantitative estimate of drug-likeness (QED) is 0.921. The molecule has 0 aliphatic heterocycles. The standard InChI is InChI=1S/C10H7Cl2N3OS/c1-5-13-10(17-15-5)14-9(16)7-3-2-6(11)4-8(7)12/h2-4H,1H3,(H,13,14,15,16). The summed E-state index contributed by atoms with van der Waals surface area (Å²) in [5.74, 6) is 0.287. The van der Waals surface area contributed by atoms with Gasteiger partial charge in [0.1, 0.15) is 5.82 Å². The van der Waals surface area contributed by atoms with Crippen LogP contribution in [0.5, 0.6) is 0 Å². The van der Waals surface area contributed by atoms with Crippen molar-refractivity contribution in [1.29, 1.82) is 0 Å². The number of anilines is 1. The van der Waals surface area contributed by atoms with Crippen LogP contribution < -0.4 is 5.32 Å². The third-order valence-corrected chi connectivity index (χ3v) is 3.19. The first-order valence-corrected chi connectivity index (χ1v) is 6.16. The zero-order valence-electron chi connectivity index (χ0n) is 8.70. The van der Waals surface area contributed by atoms with Crippen molar-refractivity contribution in [3.63, 3.8) is 0 Å². The first-order chi connectivity index (χ1) is 8.06. The van der Waals surface area contributed by atoms with Crippen molar-refractivity contribution in [3.05, 3.63) is 39.6 Å². The molecule has 0 aliphatic rings. The molecule has 1 aromatic carbocycles. The van der Waals surface area contributed by atoms with Gasteiger partial charge in [0.15, 0.2) is 0 Å². The Bertz CT molecular complexity index is 570. The first-order valence-electron chi connectivity index (χ1n) is 4.63. The molecule has 1 N–H and O–H groups in total. The number of carbonyl (C=O) groups excluding carboxylic acids is 1. The van der Waals surface area contributed by atoms with Gasteiger partial charge in [-0.3, -0.25) is 10.1 Å². The van der Waals surface area contributed by atoms with Crippen LogP contribution in [-0.2, 0) is 0 Å². The van der Waals surface area contributed by atoms with Gasteiger partial charge in [-0.2, -0.15) is 4.37 Å². The second-order valence-corrected chi connectivity index (χ2v) is 4.82. The van der Waals surface area contributed by atoms with Gasteiger partial charge in [0.25, 0.3) is 5.91 Å².